The van der Waals surface area contributed by atoms with Crippen molar-refractivity contribution in [3.8, 4) is 0 Å². The average molecular weight is 231 g/mol. The van der Waals surface area contributed by atoms with E-state index in [2.05, 4.69) is 4.90 Å². The Morgan fingerprint density at radius 2 is 2.06 bits per heavy atom. The van der Waals surface area contributed by atoms with E-state index < -0.39 is 0 Å². The Morgan fingerprint density at radius 1 is 1.35 bits per heavy atom. The van der Waals surface area contributed by atoms with Gasteiger partial charge in [0, 0.05) is 24.8 Å². The zero-order chi connectivity index (χ0) is 12.0. The molecule has 3 aliphatic heterocycles. The van der Waals surface area contributed by atoms with Crippen LogP contribution in [-0.4, -0.2) is 41.4 Å². The quantitative estimate of drug-likeness (QED) is 0.762. The number of anilines is 1. The van der Waals surface area contributed by atoms with E-state index in [1.165, 1.54) is 0 Å². The van der Waals surface area contributed by atoms with Crippen molar-refractivity contribution in [2.45, 2.75) is 25.0 Å². The minimum absolute atomic E-state index is 0.127. The number of piperazine rings is 1. The maximum Gasteiger partial charge on any atom is 0.240 e. The van der Waals surface area contributed by atoms with Crippen LogP contribution in [0.2, 0.25) is 0 Å². The standard InChI is InChI=1S/C13H17N3O/c1-15-11-6-12(15)13(17)16(8-11)7-9-2-4-10(14)5-3-9/h2-5,11-12H,6-8,14H2,1H3. The molecule has 2 bridgehead atoms. The lowest BCUT2D eigenvalue weighted by Gasteiger charge is -2.53. The molecule has 4 rings (SSSR count). The number of nitrogens with two attached hydrogens (primary N) is 1. The van der Waals surface area contributed by atoms with E-state index in [0.29, 0.717) is 12.6 Å². The highest BCUT2D eigenvalue weighted by Crippen LogP contribution is 2.31. The molecule has 0 saturated carbocycles. The third kappa shape index (κ3) is 1.69. The summed E-state index contributed by atoms with van der Waals surface area (Å²) < 4.78 is 0. The molecule has 0 spiro atoms. The number of fused-ring (bicyclic) bond motifs is 2. The molecule has 1 aromatic carbocycles. The van der Waals surface area contributed by atoms with Gasteiger partial charge < -0.3 is 10.6 Å². The Morgan fingerprint density at radius 3 is 2.65 bits per heavy atom. The zero-order valence-electron chi connectivity index (χ0n) is 9.97. The number of likely N-dealkylation sites (N-methyl/N-ethyl adjacent to an activating group) is 1. The van der Waals surface area contributed by atoms with Crippen molar-refractivity contribution >= 4 is 11.6 Å². The Labute approximate surface area is 101 Å². The minimum Gasteiger partial charge on any atom is -0.399 e. The van der Waals surface area contributed by atoms with Gasteiger partial charge in [0.25, 0.3) is 0 Å². The van der Waals surface area contributed by atoms with E-state index in [4.69, 9.17) is 5.73 Å². The first-order valence-corrected chi connectivity index (χ1v) is 6.00. The van der Waals surface area contributed by atoms with Gasteiger partial charge in [-0.25, -0.2) is 0 Å². The van der Waals surface area contributed by atoms with Crippen LogP contribution in [-0.2, 0) is 11.3 Å². The Bertz CT molecular complexity index is 442. The molecule has 1 aromatic rings. The lowest BCUT2D eigenvalue weighted by Crippen LogP contribution is -2.69. The van der Waals surface area contributed by atoms with Gasteiger partial charge >= 0.3 is 0 Å². The van der Waals surface area contributed by atoms with Crippen LogP contribution in [0.3, 0.4) is 0 Å². The van der Waals surface area contributed by atoms with Gasteiger partial charge in [-0.1, -0.05) is 12.1 Å². The van der Waals surface area contributed by atoms with Crippen LogP contribution in [0.4, 0.5) is 5.69 Å². The summed E-state index contributed by atoms with van der Waals surface area (Å²) in [4.78, 5) is 16.2. The highest BCUT2D eigenvalue weighted by molar-refractivity contribution is 5.84. The first kappa shape index (κ1) is 10.6. The van der Waals surface area contributed by atoms with Crippen LogP contribution < -0.4 is 5.73 Å². The van der Waals surface area contributed by atoms with Crippen LogP contribution in [0.5, 0.6) is 0 Å². The lowest BCUT2D eigenvalue weighted by atomic mass is 9.87. The molecule has 0 aliphatic carbocycles. The monoisotopic (exact) mass is 231 g/mol. The van der Waals surface area contributed by atoms with E-state index in [0.717, 1.165) is 24.2 Å². The summed E-state index contributed by atoms with van der Waals surface area (Å²) in [6, 6.07) is 8.45. The Kier molecular flexibility index (Phi) is 2.33. The molecule has 3 fully saturated rings. The number of hydrogen-bond donors (Lipinski definition) is 1. The second-order valence-electron chi connectivity index (χ2n) is 5.03. The average Bonchev–Trinajstić information content (AvgIpc) is 2.33. The minimum atomic E-state index is 0.127. The van der Waals surface area contributed by atoms with Crippen LogP contribution >= 0.6 is 0 Å². The van der Waals surface area contributed by atoms with E-state index in [9.17, 15) is 4.79 Å². The number of carbonyl (C=O) groups excluding carboxylic acids is 1. The molecular weight excluding hydrogens is 214 g/mol. The third-order valence-electron chi connectivity index (χ3n) is 3.94. The Balaban J connectivity index is 1.70. The summed E-state index contributed by atoms with van der Waals surface area (Å²) in [5.41, 5.74) is 7.56. The smallest absolute Gasteiger partial charge is 0.240 e. The number of piperidine rings is 1. The van der Waals surface area contributed by atoms with Gasteiger partial charge in [0.1, 0.15) is 0 Å². The van der Waals surface area contributed by atoms with E-state index in [1.807, 2.05) is 36.2 Å². The van der Waals surface area contributed by atoms with Crippen LogP contribution in [0.15, 0.2) is 24.3 Å². The molecule has 2 atom stereocenters. The van der Waals surface area contributed by atoms with Gasteiger partial charge in [-0.15, -0.1) is 0 Å². The summed E-state index contributed by atoms with van der Waals surface area (Å²) in [6.45, 7) is 1.57. The molecule has 17 heavy (non-hydrogen) atoms. The largest absolute Gasteiger partial charge is 0.399 e. The van der Waals surface area contributed by atoms with Gasteiger partial charge in [0.05, 0.1) is 6.04 Å². The van der Waals surface area contributed by atoms with Crippen molar-refractivity contribution in [1.29, 1.82) is 0 Å². The van der Waals surface area contributed by atoms with E-state index >= 15 is 0 Å². The summed E-state index contributed by atoms with van der Waals surface area (Å²) >= 11 is 0. The van der Waals surface area contributed by atoms with Crippen molar-refractivity contribution in [3.63, 3.8) is 0 Å². The van der Waals surface area contributed by atoms with Gasteiger partial charge in [-0.05, 0) is 31.2 Å². The molecule has 0 aromatic heterocycles. The first-order chi connectivity index (χ1) is 8.15. The summed E-state index contributed by atoms with van der Waals surface area (Å²) in [6.07, 6.45) is 1.04. The van der Waals surface area contributed by atoms with E-state index in [1.54, 1.807) is 0 Å². The molecule has 4 heteroatoms. The number of rotatable bonds is 2. The molecule has 90 valence electrons. The molecule has 0 radical (unpaired) electrons. The zero-order valence-corrected chi connectivity index (χ0v) is 9.97. The van der Waals surface area contributed by atoms with Crippen molar-refractivity contribution in [3.05, 3.63) is 29.8 Å². The topological polar surface area (TPSA) is 49.6 Å². The number of nitrogens with zero attached hydrogens (tertiary/aromatic N) is 2. The lowest BCUT2D eigenvalue weighted by molar-refractivity contribution is -0.157. The fraction of sp³-hybridized carbons (Fsp3) is 0.462. The molecule has 3 aliphatic rings. The first-order valence-electron chi connectivity index (χ1n) is 6.00. The fourth-order valence-electron chi connectivity index (χ4n) is 2.73. The fourth-order valence-corrected chi connectivity index (χ4v) is 2.73. The molecule has 3 saturated heterocycles. The van der Waals surface area contributed by atoms with Crippen molar-refractivity contribution in [2.24, 2.45) is 0 Å². The highest BCUT2D eigenvalue weighted by Gasteiger charge is 2.47. The van der Waals surface area contributed by atoms with Crippen molar-refractivity contribution in [2.75, 3.05) is 19.3 Å². The molecular formula is C13H17N3O. The Hall–Kier alpha value is -1.55. The molecule has 2 N–H and O–H groups in total. The van der Waals surface area contributed by atoms with Crippen LogP contribution in [0, 0.1) is 0 Å². The third-order valence-corrected chi connectivity index (χ3v) is 3.94. The maximum absolute atomic E-state index is 12.1. The molecule has 4 nitrogen and oxygen atoms in total. The summed E-state index contributed by atoms with van der Waals surface area (Å²) in [7, 11) is 2.04. The number of amides is 1. The normalized spacial score (nSPS) is 28.1. The molecule has 2 unspecified atom stereocenters. The number of carbonyl (C=O) groups is 1. The predicted octanol–water partition coefficient (Wildman–Crippen LogP) is 0.684. The SMILES string of the molecule is CN1C2CC1C(=O)N(Cc1ccc(N)cc1)C2. The molecule has 1 amide bonds. The second kappa shape index (κ2) is 3.74. The molecule has 3 heterocycles. The van der Waals surface area contributed by atoms with E-state index in [-0.39, 0.29) is 11.9 Å². The van der Waals surface area contributed by atoms with Crippen LogP contribution in [0.25, 0.3) is 0 Å². The predicted molar refractivity (Wildman–Crippen MR) is 66.2 cm³/mol. The van der Waals surface area contributed by atoms with Crippen LogP contribution in [0.1, 0.15) is 12.0 Å². The number of benzene rings is 1. The summed E-state index contributed by atoms with van der Waals surface area (Å²) in [5.74, 6) is 0.270. The van der Waals surface area contributed by atoms with Gasteiger partial charge in [-0.2, -0.15) is 0 Å². The van der Waals surface area contributed by atoms with Crippen molar-refractivity contribution in [1.82, 2.24) is 9.80 Å². The highest BCUT2D eigenvalue weighted by atomic mass is 16.2. The maximum atomic E-state index is 12.1. The number of nitrogen functional groups attached to an aromatic ring is 1. The van der Waals surface area contributed by atoms with Gasteiger partial charge in [0.2, 0.25) is 5.91 Å². The van der Waals surface area contributed by atoms with Crippen molar-refractivity contribution < 1.29 is 4.79 Å². The van der Waals surface area contributed by atoms with Gasteiger partial charge in [0.15, 0.2) is 0 Å². The second-order valence-corrected chi connectivity index (χ2v) is 5.03. The van der Waals surface area contributed by atoms with Gasteiger partial charge in [-0.3, -0.25) is 9.69 Å². The number of hydrogen-bond acceptors (Lipinski definition) is 3. The summed E-state index contributed by atoms with van der Waals surface area (Å²) in [5, 5.41) is 0.